The molecule has 0 saturated heterocycles. The quantitative estimate of drug-likeness (QED) is 0.780. The summed E-state index contributed by atoms with van der Waals surface area (Å²) in [4.78, 5) is 0. The molecule has 1 N–H and O–H groups in total. The van der Waals surface area contributed by atoms with Crippen molar-refractivity contribution in [3.8, 4) is 5.75 Å². The molecule has 18 heavy (non-hydrogen) atoms. The van der Waals surface area contributed by atoms with Gasteiger partial charge in [0, 0.05) is 13.6 Å². The summed E-state index contributed by atoms with van der Waals surface area (Å²) in [5, 5.41) is 11.4. The van der Waals surface area contributed by atoms with Crippen LogP contribution in [-0.2, 0) is 13.6 Å². The molecule has 1 aromatic heterocycles. The van der Waals surface area contributed by atoms with E-state index in [-0.39, 0.29) is 0 Å². The number of nitrogens with zero attached hydrogens (tertiary/aromatic N) is 3. The number of aryl methyl sites for hydroxylation is 1. The minimum atomic E-state index is 0.640. The summed E-state index contributed by atoms with van der Waals surface area (Å²) in [6.45, 7) is 4.06. The molecule has 0 unspecified atom stereocenters. The third-order valence-corrected chi connectivity index (χ3v) is 2.76. The van der Waals surface area contributed by atoms with Crippen LogP contribution in [0.2, 0.25) is 0 Å². The first-order valence-corrected chi connectivity index (χ1v) is 6.01. The summed E-state index contributed by atoms with van der Waals surface area (Å²) in [6, 6.07) is 9.80. The van der Waals surface area contributed by atoms with Crippen LogP contribution in [0.4, 0.5) is 0 Å². The number of ether oxygens (including phenoxy) is 1. The summed E-state index contributed by atoms with van der Waals surface area (Å²) in [7, 11) is 1.97. The monoisotopic (exact) mass is 246 g/mol. The third kappa shape index (κ3) is 3.30. The predicted molar refractivity (Wildman–Crippen MR) is 69.4 cm³/mol. The summed E-state index contributed by atoms with van der Waals surface area (Å²) in [6.07, 6.45) is 0. The highest BCUT2D eigenvalue weighted by Gasteiger charge is 2.03. The lowest BCUT2D eigenvalue weighted by molar-refractivity contribution is 0.312. The minimum absolute atomic E-state index is 0.640. The number of para-hydroxylation sites is 1. The zero-order chi connectivity index (χ0) is 12.8. The highest BCUT2D eigenvalue weighted by atomic mass is 16.5. The van der Waals surface area contributed by atoms with Crippen molar-refractivity contribution in [2.75, 3.05) is 13.2 Å². The van der Waals surface area contributed by atoms with Gasteiger partial charge in [0.2, 0.25) is 0 Å². The molecule has 1 heterocycles. The fourth-order valence-corrected chi connectivity index (χ4v) is 1.56. The first-order chi connectivity index (χ1) is 8.77. The van der Waals surface area contributed by atoms with Crippen molar-refractivity contribution in [3.05, 3.63) is 42.0 Å². The smallest absolute Gasteiger partial charge is 0.146 e. The van der Waals surface area contributed by atoms with E-state index in [1.54, 1.807) is 0 Å². The molecule has 0 aliphatic rings. The molecule has 2 rings (SSSR count). The van der Waals surface area contributed by atoms with E-state index in [9.17, 15) is 0 Å². The van der Waals surface area contributed by atoms with Gasteiger partial charge < -0.3 is 14.6 Å². The Hall–Kier alpha value is -1.88. The van der Waals surface area contributed by atoms with Crippen molar-refractivity contribution in [1.82, 2.24) is 20.1 Å². The molecule has 0 spiro atoms. The Labute approximate surface area is 107 Å². The van der Waals surface area contributed by atoms with Crippen molar-refractivity contribution in [2.24, 2.45) is 7.05 Å². The van der Waals surface area contributed by atoms with Crippen molar-refractivity contribution in [3.63, 3.8) is 0 Å². The SMILES string of the molecule is Cc1nnc(CNCCOc2ccccc2)n1C. The van der Waals surface area contributed by atoms with Gasteiger partial charge in [0.05, 0.1) is 6.54 Å². The van der Waals surface area contributed by atoms with Crippen LogP contribution in [0, 0.1) is 6.92 Å². The van der Waals surface area contributed by atoms with Gasteiger partial charge in [-0.15, -0.1) is 10.2 Å². The Kier molecular flexibility index (Phi) is 4.30. The molecule has 1 aromatic carbocycles. The maximum absolute atomic E-state index is 5.57. The topological polar surface area (TPSA) is 52.0 Å². The number of benzene rings is 1. The molecule has 0 fully saturated rings. The summed E-state index contributed by atoms with van der Waals surface area (Å²) in [5.74, 6) is 2.76. The second kappa shape index (κ2) is 6.16. The Bertz CT molecular complexity index is 481. The van der Waals surface area contributed by atoms with Crippen molar-refractivity contribution in [2.45, 2.75) is 13.5 Å². The van der Waals surface area contributed by atoms with E-state index in [1.165, 1.54) is 0 Å². The van der Waals surface area contributed by atoms with Gasteiger partial charge >= 0.3 is 0 Å². The van der Waals surface area contributed by atoms with Crippen LogP contribution in [-0.4, -0.2) is 27.9 Å². The third-order valence-electron chi connectivity index (χ3n) is 2.76. The Morgan fingerprint density at radius 1 is 1.22 bits per heavy atom. The lowest BCUT2D eigenvalue weighted by Crippen LogP contribution is -2.22. The average Bonchev–Trinajstić information content (AvgIpc) is 2.71. The first kappa shape index (κ1) is 12.6. The molecule has 0 aliphatic carbocycles. The van der Waals surface area contributed by atoms with E-state index in [4.69, 9.17) is 4.74 Å². The van der Waals surface area contributed by atoms with Crippen LogP contribution in [0.5, 0.6) is 5.75 Å². The number of nitrogens with one attached hydrogen (secondary N) is 1. The lowest BCUT2D eigenvalue weighted by atomic mass is 10.3. The van der Waals surface area contributed by atoms with Gasteiger partial charge in [-0.05, 0) is 19.1 Å². The first-order valence-electron chi connectivity index (χ1n) is 6.01. The van der Waals surface area contributed by atoms with Crippen LogP contribution < -0.4 is 10.1 Å². The van der Waals surface area contributed by atoms with Crippen molar-refractivity contribution >= 4 is 0 Å². The van der Waals surface area contributed by atoms with Crippen LogP contribution in [0.25, 0.3) is 0 Å². The molecule has 0 amide bonds. The minimum Gasteiger partial charge on any atom is -0.492 e. The van der Waals surface area contributed by atoms with Gasteiger partial charge in [0.25, 0.3) is 0 Å². The van der Waals surface area contributed by atoms with E-state index in [1.807, 2.05) is 48.9 Å². The van der Waals surface area contributed by atoms with Gasteiger partial charge in [-0.1, -0.05) is 18.2 Å². The molecule has 0 bridgehead atoms. The highest BCUT2D eigenvalue weighted by Crippen LogP contribution is 2.07. The zero-order valence-electron chi connectivity index (χ0n) is 10.8. The van der Waals surface area contributed by atoms with E-state index >= 15 is 0 Å². The van der Waals surface area contributed by atoms with Gasteiger partial charge in [-0.3, -0.25) is 0 Å². The molecule has 2 aromatic rings. The normalized spacial score (nSPS) is 10.6. The maximum atomic E-state index is 5.57. The molecule has 0 atom stereocenters. The summed E-state index contributed by atoms with van der Waals surface area (Å²) in [5.41, 5.74) is 0. The Morgan fingerprint density at radius 2 is 2.00 bits per heavy atom. The van der Waals surface area contributed by atoms with Crippen LogP contribution in [0.15, 0.2) is 30.3 Å². The second-order valence-electron chi connectivity index (χ2n) is 4.06. The number of rotatable bonds is 6. The summed E-state index contributed by atoms with van der Waals surface area (Å²) < 4.78 is 7.55. The highest BCUT2D eigenvalue weighted by molar-refractivity contribution is 5.20. The Balaban J connectivity index is 1.66. The fraction of sp³-hybridized carbons (Fsp3) is 0.385. The summed E-state index contributed by atoms with van der Waals surface area (Å²) >= 11 is 0. The number of hydrogen-bond donors (Lipinski definition) is 1. The van der Waals surface area contributed by atoms with E-state index < -0.39 is 0 Å². The fourth-order valence-electron chi connectivity index (χ4n) is 1.56. The average molecular weight is 246 g/mol. The van der Waals surface area contributed by atoms with Gasteiger partial charge in [-0.2, -0.15) is 0 Å². The maximum Gasteiger partial charge on any atom is 0.146 e. The molecule has 96 valence electrons. The van der Waals surface area contributed by atoms with E-state index in [0.29, 0.717) is 13.2 Å². The zero-order valence-corrected chi connectivity index (χ0v) is 10.8. The standard InChI is InChI=1S/C13H18N4O/c1-11-15-16-13(17(11)2)10-14-8-9-18-12-6-4-3-5-7-12/h3-7,14H,8-10H2,1-2H3. The largest absolute Gasteiger partial charge is 0.492 e. The molecule has 5 heteroatoms. The molecule has 0 radical (unpaired) electrons. The molecular formula is C13H18N4O. The van der Waals surface area contributed by atoms with E-state index in [2.05, 4.69) is 15.5 Å². The number of aromatic nitrogens is 3. The second-order valence-corrected chi connectivity index (χ2v) is 4.06. The molecule has 5 nitrogen and oxygen atoms in total. The number of hydrogen-bond acceptors (Lipinski definition) is 4. The predicted octanol–water partition coefficient (Wildman–Crippen LogP) is 1.29. The van der Waals surface area contributed by atoms with Gasteiger partial charge in [0.1, 0.15) is 24.0 Å². The van der Waals surface area contributed by atoms with E-state index in [0.717, 1.165) is 23.9 Å². The Morgan fingerprint density at radius 3 is 2.67 bits per heavy atom. The molecule has 0 saturated carbocycles. The van der Waals surface area contributed by atoms with Crippen LogP contribution in [0.3, 0.4) is 0 Å². The molecule has 0 aliphatic heterocycles. The van der Waals surface area contributed by atoms with Crippen LogP contribution >= 0.6 is 0 Å². The lowest BCUT2D eigenvalue weighted by Gasteiger charge is -2.07. The van der Waals surface area contributed by atoms with Crippen molar-refractivity contribution < 1.29 is 4.74 Å². The van der Waals surface area contributed by atoms with Gasteiger partial charge in [-0.25, -0.2) is 0 Å². The van der Waals surface area contributed by atoms with Crippen LogP contribution in [0.1, 0.15) is 11.6 Å². The molecular weight excluding hydrogens is 228 g/mol. The van der Waals surface area contributed by atoms with Crippen molar-refractivity contribution in [1.29, 1.82) is 0 Å². The van der Waals surface area contributed by atoms with Gasteiger partial charge in [0.15, 0.2) is 0 Å².